The third-order valence-electron chi connectivity index (χ3n) is 4.08. The van der Waals surface area contributed by atoms with E-state index in [4.69, 9.17) is 9.78 Å². The lowest BCUT2D eigenvalue weighted by Crippen LogP contribution is -2.42. The molecule has 0 saturated carbocycles. The van der Waals surface area contributed by atoms with Crippen LogP contribution < -0.4 is 0 Å². The zero-order chi connectivity index (χ0) is 15.6. The third-order valence-corrected chi connectivity index (χ3v) is 5.73. The van der Waals surface area contributed by atoms with Crippen molar-refractivity contribution in [1.82, 2.24) is 9.88 Å². The van der Waals surface area contributed by atoms with Crippen LogP contribution in [0.3, 0.4) is 0 Å². The van der Waals surface area contributed by atoms with Gasteiger partial charge in [-0.1, -0.05) is 29.8 Å². The molecule has 0 N–H and O–H groups in total. The molecule has 1 saturated heterocycles. The molecule has 0 radical (unpaired) electrons. The number of rotatable bonds is 1. The van der Waals surface area contributed by atoms with Gasteiger partial charge in [0.2, 0.25) is 0 Å². The number of carbonyl (C=O) groups is 1. The summed E-state index contributed by atoms with van der Waals surface area (Å²) < 4.78 is 2.41. The van der Waals surface area contributed by atoms with E-state index in [0.29, 0.717) is 11.3 Å². The molecule has 0 amide bonds. The molecule has 1 aliphatic heterocycles. The maximum absolute atomic E-state index is 8.00. The Morgan fingerprint density at radius 1 is 1.43 bits per heavy atom. The number of nitrogens with zero attached hydrogens (tertiary/aromatic N) is 2. The van der Waals surface area contributed by atoms with Gasteiger partial charge < -0.3 is 9.69 Å². The van der Waals surface area contributed by atoms with Crippen molar-refractivity contribution in [3.8, 4) is 0 Å². The first-order valence-corrected chi connectivity index (χ1v) is 8.60. The lowest BCUT2D eigenvalue weighted by atomic mass is 9.74. The molecule has 2 aromatic rings. The highest BCUT2D eigenvalue weighted by Crippen LogP contribution is 2.44. The van der Waals surface area contributed by atoms with Crippen molar-refractivity contribution in [2.45, 2.75) is 26.2 Å². The molecule has 2 heterocycles. The maximum atomic E-state index is 8.00. The molecule has 0 bridgehead atoms. The number of piperidine rings is 1. The first kappa shape index (κ1) is 16.6. The van der Waals surface area contributed by atoms with Crippen LogP contribution in [0.2, 0.25) is 0 Å². The summed E-state index contributed by atoms with van der Waals surface area (Å²) in [5.74, 6) is 0.583. The molecule has 3 rings (SSSR count). The lowest BCUT2D eigenvalue weighted by molar-refractivity contribution is -0.0979. The fraction of sp³-hybridized carbons (Fsp3) is 0.500. The Hall–Kier alpha value is -0.780. The van der Waals surface area contributed by atoms with Crippen LogP contribution in [-0.4, -0.2) is 36.8 Å². The summed E-state index contributed by atoms with van der Waals surface area (Å²) in [5, 5.41) is 1.31. The first-order chi connectivity index (χ1) is 9.95. The predicted octanol–water partition coefficient (Wildman–Crippen LogP) is 4.32. The quantitative estimate of drug-likeness (QED) is 0.751. The van der Waals surface area contributed by atoms with Gasteiger partial charge in [0.15, 0.2) is 0 Å². The van der Waals surface area contributed by atoms with Crippen molar-refractivity contribution < 1.29 is 4.79 Å². The second-order valence-corrected chi connectivity index (χ2v) is 8.21. The highest BCUT2D eigenvalue weighted by Gasteiger charge is 2.37. The molecule has 0 spiro atoms. The number of thiazole rings is 1. The van der Waals surface area contributed by atoms with Crippen molar-refractivity contribution in [2.24, 2.45) is 5.41 Å². The van der Waals surface area contributed by atoms with Gasteiger partial charge >= 0.3 is 0 Å². The van der Waals surface area contributed by atoms with Crippen LogP contribution in [0, 0.1) is 5.41 Å². The van der Waals surface area contributed by atoms with Gasteiger partial charge in [-0.3, -0.25) is 0 Å². The van der Waals surface area contributed by atoms with Crippen LogP contribution in [0.1, 0.15) is 31.2 Å². The van der Waals surface area contributed by atoms with E-state index >= 15 is 0 Å². The second-order valence-electron chi connectivity index (χ2n) is 6.23. The summed E-state index contributed by atoms with van der Waals surface area (Å²) >= 11 is 5.39. The number of hydrogen-bond acceptors (Lipinski definition) is 4. The van der Waals surface area contributed by atoms with Crippen molar-refractivity contribution in [2.75, 3.05) is 20.1 Å². The SMILES string of the molecule is C=O.CN1CCC(c2nc3cc(Br)ccc3s2)C(C)(C)C1. The van der Waals surface area contributed by atoms with Gasteiger partial charge in [-0.25, -0.2) is 4.98 Å². The van der Waals surface area contributed by atoms with Crippen LogP contribution in [0.5, 0.6) is 0 Å². The minimum Gasteiger partial charge on any atom is -0.307 e. The Morgan fingerprint density at radius 3 is 2.81 bits per heavy atom. The molecule has 3 nitrogen and oxygen atoms in total. The summed E-state index contributed by atoms with van der Waals surface area (Å²) in [6.45, 7) is 9.07. The fourth-order valence-corrected chi connectivity index (χ4v) is 4.79. The van der Waals surface area contributed by atoms with E-state index in [1.807, 2.05) is 18.1 Å². The summed E-state index contributed by atoms with van der Waals surface area (Å²) in [6.07, 6.45) is 1.21. The van der Waals surface area contributed by atoms with Gasteiger partial charge in [-0.15, -0.1) is 11.3 Å². The summed E-state index contributed by atoms with van der Waals surface area (Å²) in [7, 11) is 2.22. The number of benzene rings is 1. The zero-order valence-electron chi connectivity index (χ0n) is 12.7. The molecule has 1 unspecified atom stereocenters. The van der Waals surface area contributed by atoms with Crippen molar-refractivity contribution in [3.63, 3.8) is 0 Å². The van der Waals surface area contributed by atoms with Crippen molar-refractivity contribution in [3.05, 3.63) is 27.7 Å². The number of aromatic nitrogens is 1. The molecule has 21 heavy (non-hydrogen) atoms. The minimum atomic E-state index is 0.304. The Balaban J connectivity index is 0.000000774. The second kappa shape index (κ2) is 6.55. The smallest absolute Gasteiger partial charge is 0.106 e. The average molecular weight is 369 g/mol. The first-order valence-electron chi connectivity index (χ1n) is 6.99. The van der Waals surface area contributed by atoms with E-state index in [1.165, 1.54) is 22.7 Å². The van der Waals surface area contributed by atoms with Gasteiger partial charge in [0.1, 0.15) is 6.79 Å². The number of fused-ring (bicyclic) bond motifs is 1. The molecular formula is C16H21BrN2OS. The minimum absolute atomic E-state index is 0.304. The Morgan fingerprint density at radius 2 is 2.14 bits per heavy atom. The van der Waals surface area contributed by atoms with Crippen LogP contribution in [0.15, 0.2) is 22.7 Å². The molecule has 1 aromatic carbocycles. The highest BCUT2D eigenvalue weighted by atomic mass is 79.9. The normalized spacial score (nSPS) is 21.8. The molecule has 1 fully saturated rings. The molecule has 5 heteroatoms. The van der Waals surface area contributed by atoms with Crippen LogP contribution in [0.4, 0.5) is 0 Å². The van der Waals surface area contributed by atoms with E-state index in [9.17, 15) is 0 Å². The van der Waals surface area contributed by atoms with Gasteiger partial charge in [0, 0.05) is 16.9 Å². The van der Waals surface area contributed by atoms with Gasteiger partial charge in [-0.2, -0.15) is 0 Å². The van der Waals surface area contributed by atoms with Gasteiger partial charge in [0.05, 0.1) is 15.2 Å². The Bertz CT molecular complexity index is 626. The van der Waals surface area contributed by atoms with Crippen molar-refractivity contribution >= 4 is 44.3 Å². The molecule has 1 atom stereocenters. The standard InChI is InChI=1S/C15H19BrN2S.CH2O/c1-15(2)9-18(3)7-6-11(15)14-17-12-8-10(16)4-5-13(12)19-14;1-2/h4-5,8,11H,6-7,9H2,1-3H3;1H2. The van der Waals surface area contributed by atoms with E-state index in [2.05, 4.69) is 59.9 Å². The largest absolute Gasteiger partial charge is 0.307 e. The van der Waals surface area contributed by atoms with Crippen LogP contribution >= 0.6 is 27.3 Å². The fourth-order valence-electron chi connectivity index (χ4n) is 3.15. The van der Waals surface area contributed by atoms with Crippen molar-refractivity contribution in [1.29, 1.82) is 0 Å². The molecular weight excluding hydrogens is 348 g/mol. The summed E-state index contributed by atoms with van der Waals surface area (Å²) in [6, 6.07) is 6.39. The van der Waals surface area contributed by atoms with E-state index in [-0.39, 0.29) is 0 Å². The average Bonchev–Trinajstić information content (AvgIpc) is 2.82. The topological polar surface area (TPSA) is 33.2 Å². The Labute approximate surface area is 138 Å². The predicted molar refractivity (Wildman–Crippen MR) is 93.1 cm³/mol. The molecule has 0 aliphatic carbocycles. The van der Waals surface area contributed by atoms with E-state index in [0.717, 1.165) is 16.5 Å². The lowest BCUT2D eigenvalue weighted by Gasteiger charge is -2.42. The maximum Gasteiger partial charge on any atom is 0.106 e. The number of carbonyl (C=O) groups excluding carboxylic acids is 1. The van der Waals surface area contributed by atoms with Crippen LogP contribution in [0.25, 0.3) is 10.2 Å². The monoisotopic (exact) mass is 368 g/mol. The summed E-state index contributed by atoms with van der Waals surface area (Å²) in [4.78, 5) is 15.3. The van der Waals surface area contributed by atoms with E-state index < -0.39 is 0 Å². The molecule has 1 aliphatic rings. The molecule has 114 valence electrons. The number of likely N-dealkylation sites (tertiary alicyclic amines) is 1. The van der Waals surface area contributed by atoms with Gasteiger partial charge in [-0.05, 0) is 43.6 Å². The van der Waals surface area contributed by atoms with E-state index in [1.54, 1.807) is 0 Å². The number of hydrogen-bond donors (Lipinski definition) is 0. The van der Waals surface area contributed by atoms with Crippen LogP contribution in [-0.2, 0) is 4.79 Å². The number of halogens is 1. The zero-order valence-corrected chi connectivity index (χ0v) is 15.1. The third kappa shape index (κ3) is 3.52. The highest BCUT2D eigenvalue weighted by molar-refractivity contribution is 9.10. The molecule has 1 aromatic heterocycles. The summed E-state index contributed by atoms with van der Waals surface area (Å²) in [5.41, 5.74) is 1.43. The Kier molecular flexibility index (Phi) is 5.17. The van der Waals surface area contributed by atoms with Gasteiger partial charge in [0.25, 0.3) is 0 Å².